The van der Waals surface area contributed by atoms with Gasteiger partial charge >= 0.3 is 0 Å². The highest BCUT2D eigenvalue weighted by atomic mass is 16.5. The third-order valence-corrected chi connectivity index (χ3v) is 5.18. The van der Waals surface area contributed by atoms with Gasteiger partial charge in [-0.15, -0.1) is 0 Å². The van der Waals surface area contributed by atoms with Crippen LogP contribution in [0, 0.1) is 0 Å². The van der Waals surface area contributed by atoms with Gasteiger partial charge in [-0.3, -0.25) is 14.9 Å². The molecule has 0 aliphatic heterocycles. The lowest BCUT2D eigenvalue weighted by Gasteiger charge is -2.26. The van der Waals surface area contributed by atoms with Gasteiger partial charge in [0.2, 0.25) is 11.8 Å². The van der Waals surface area contributed by atoms with Gasteiger partial charge in [0.15, 0.2) is 0 Å². The number of aryl methyl sites for hydroxylation is 1. The van der Waals surface area contributed by atoms with Crippen molar-refractivity contribution in [3.63, 3.8) is 0 Å². The summed E-state index contributed by atoms with van der Waals surface area (Å²) in [7, 11) is 3.29. The molecule has 2 unspecified atom stereocenters. The molecular formula is C24H33N3O3. The fourth-order valence-electron chi connectivity index (χ4n) is 3.42. The molecule has 0 aliphatic carbocycles. The highest BCUT2D eigenvalue weighted by Crippen LogP contribution is 2.21. The summed E-state index contributed by atoms with van der Waals surface area (Å²) in [6.07, 6.45) is 1.66. The van der Waals surface area contributed by atoms with Gasteiger partial charge in [-0.25, -0.2) is 0 Å². The summed E-state index contributed by atoms with van der Waals surface area (Å²) in [5.74, 6) is 0.468. The number of amides is 2. The lowest BCUT2D eigenvalue weighted by Crippen LogP contribution is -2.46. The van der Waals surface area contributed by atoms with E-state index < -0.39 is 6.04 Å². The van der Waals surface area contributed by atoms with Crippen LogP contribution in [-0.4, -0.2) is 43.5 Å². The van der Waals surface area contributed by atoms with Gasteiger partial charge in [-0.2, -0.15) is 0 Å². The molecule has 2 atom stereocenters. The lowest BCUT2D eigenvalue weighted by atomic mass is 10.0. The van der Waals surface area contributed by atoms with Gasteiger partial charge in [0.1, 0.15) is 5.75 Å². The Bertz CT molecular complexity index is 836. The summed E-state index contributed by atoms with van der Waals surface area (Å²) >= 11 is 0. The minimum Gasteiger partial charge on any atom is -0.497 e. The molecule has 2 N–H and O–H groups in total. The minimum atomic E-state index is -0.419. The SMILES string of the molecule is CCc1ccccc1NC(=O)CN(C)C(=O)C(C)NC(CC)c1ccc(OC)cc1. The number of carbonyl (C=O) groups excluding carboxylic acids is 2. The Balaban J connectivity index is 1.94. The van der Waals surface area contributed by atoms with E-state index >= 15 is 0 Å². The molecule has 2 aromatic carbocycles. The first kappa shape index (κ1) is 23.4. The molecule has 0 saturated carbocycles. The third kappa shape index (κ3) is 6.32. The molecule has 2 aromatic rings. The van der Waals surface area contributed by atoms with Gasteiger partial charge in [-0.05, 0) is 49.1 Å². The summed E-state index contributed by atoms with van der Waals surface area (Å²) < 4.78 is 5.21. The van der Waals surface area contributed by atoms with Gasteiger partial charge in [0.25, 0.3) is 0 Å². The van der Waals surface area contributed by atoms with E-state index in [0.717, 1.165) is 35.4 Å². The second kappa shape index (κ2) is 11.4. The Morgan fingerprint density at radius 3 is 2.33 bits per heavy atom. The van der Waals surface area contributed by atoms with Crippen molar-refractivity contribution < 1.29 is 14.3 Å². The maximum Gasteiger partial charge on any atom is 0.243 e. The van der Waals surface area contributed by atoms with Crippen molar-refractivity contribution in [1.29, 1.82) is 0 Å². The molecule has 0 heterocycles. The molecule has 0 fully saturated rings. The number of nitrogens with zero attached hydrogens (tertiary/aromatic N) is 1. The lowest BCUT2D eigenvalue weighted by molar-refractivity contribution is -0.135. The van der Waals surface area contributed by atoms with Crippen LogP contribution in [0.4, 0.5) is 5.69 Å². The average molecular weight is 412 g/mol. The number of anilines is 1. The Labute approximate surface area is 179 Å². The fraction of sp³-hybridized carbons (Fsp3) is 0.417. The maximum absolute atomic E-state index is 12.8. The summed E-state index contributed by atoms with van der Waals surface area (Å²) in [4.78, 5) is 26.7. The Hall–Kier alpha value is -2.86. The topological polar surface area (TPSA) is 70.7 Å². The second-order valence-corrected chi connectivity index (χ2v) is 7.38. The second-order valence-electron chi connectivity index (χ2n) is 7.38. The van der Waals surface area contributed by atoms with E-state index in [2.05, 4.69) is 17.6 Å². The maximum atomic E-state index is 12.8. The van der Waals surface area contributed by atoms with Crippen molar-refractivity contribution in [1.82, 2.24) is 10.2 Å². The number of likely N-dealkylation sites (N-methyl/N-ethyl adjacent to an activating group) is 1. The van der Waals surface area contributed by atoms with E-state index in [4.69, 9.17) is 4.74 Å². The van der Waals surface area contributed by atoms with Crippen molar-refractivity contribution in [2.45, 2.75) is 45.7 Å². The quantitative estimate of drug-likeness (QED) is 0.624. The zero-order valence-electron chi connectivity index (χ0n) is 18.6. The van der Waals surface area contributed by atoms with Crippen LogP contribution in [-0.2, 0) is 16.0 Å². The molecule has 0 radical (unpaired) electrons. The first-order valence-corrected chi connectivity index (χ1v) is 10.4. The predicted octanol–water partition coefficient (Wildman–Crippen LogP) is 3.78. The van der Waals surface area contributed by atoms with Crippen molar-refractivity contribution in [2.75, 3.05) is 26.0 Å². The number of hydrogen-bond donors (Lipinski definition) is 2. The Morgan fingerprint density at radius 2 is 1.73 bits per heavy atom. The number of hydrogen-bond acceptors (Lipinski definition) is 4. The first-order valence-electron chi connectivity index (χ1n) is 10.4. The summed E-state index contributed by atoms with van der Waals surface area (Å²) in [6.45, 7) is 5.94. The van der Waals surface area contributed by atoms with Crippen LogP contribution >= 0.6 is 0 Å². The molecule has 0 aliphatic rings. The van der Waals surface area contributed by atoms with Crippen LogP contribution in [0.5, 0.6) is 5.75 Å². The monoisotopic (exact) mass is 411 g/mol. The Kier molecular flexibility index (Phi) is 8.87. The number of para-hydroxylation sites is 1. The van der Waals surface area contributed by atoms with Crippen LogP contribution < -0.4 is 15.4 Å². The zero-order valence-corrected chi connectivity index (χ0v) is 18.6. The number of benzene rings is 2. The molecule has 6 heteroatoms. The van der Waals surface area contributed by atoms with Gasteiger partial charge in [0, 0.05) is 18.8 Å². The van der Waals surface area contributed by atoms with E-state index in [1.54, 1.807) is 14.2 Å². The van der Waals surface area contributed by atoms with Crippen molar-refractivity contribution in [2.24, 2.45) is 0 Å². The van der Waals surface area contributed by atoms with Crippen LogP contribution in [0.25, 0.3) is 0 Å². The largest absolute Gasteiger partial charge is 0.497 e. The number of methoxy groups -OCH3 is 1. The van der Waals surface area contributed by atoms with E-state index in [1.807, 2.05) is 62.4 Å². The van der Waals surface area contributed by atoms with E-state index in [1.165, 1.54) is 4.90 Å². The van der Waals surface area contributed by atoms with Crippen molar-refractivity contribution in [3.05, 3.63) is 59.7 Å². The van der Waals surface area contributed by atoms with Crippen LogP contribution in [0.3, 0.4) is 0 Å². The van der Waals surface area contributed by atoms with E-state index in [9.17, 15) is 9.59 Å². The van der Waals surface area contributed by atoms with Gasteiger partial charge in [0.05, 0.1) is 19.7 Å². The molecule has 30 heavy (non-hydrogen) atoms. The number of ether oxygens (including phenoxy) is 1. The summed E-state index contributed by atoms with van der Waals surface area (Å²) in [5.41, 5.74) is 2.96. The minimum absolute atomic E-state index is 0.00221. The molecular weight excluding hydrogens is 378 g/mol. The van der Waals surface area contributed by atoms with Crippen molar-refractivity contribution in [3.8, 4) is 5.75 Å². The highest BCUT2D eigenvalue weighted by Gasteiger charge is 2.22. The number of nitrogens with one attached hydrogen (secondary N) is 2. The van der Waals surface area contributed by atoms with Crippen LogP contribution in [0.2, 0.25) is 0 Å². The molecule has 6 nitrogen and oxygen atoms in total. The number of rotatable bonds is 10. The average Bonchev–Trinajstić information content (AvgIpc) is 2.77. The van der Waals surface area contributed by atoms with Gasteiger partial charge in [-0.1, -0.05) is 44.2 Å². The Morgan fingerprint density at radius 1 is 1.07 bits per heavy atom. The normalized spacial score (nSPS) is 12.7. The predicted molar refractivity (Wildman–Crippen MR) is 121 cm³/mol. The van der Waals surface area contributed by atoms with Crippen LogP contribution in [0.15, 0.2) is 48.5 Å². The van der Waals surface area contributed by atoms with E-state index in [0.29, 0.717) is 0 Å². The van der Waals surface area contributed by atoms with Gasteiger partial charge < -0.3 is 15.0 Å². The molecule has 162 valence electrons. The smallest absolute Gasteiger partial charge is 0.243 e. The molecule has 0 aromatic heterocycles. The zero-order chi connectivity index (χ0) is 22.1. The third-order valence-electron chi connectivity index (χ3n) is 5.18. The van der Waals surface area contributed by atoms with E-state index in [-0.39, 0.29) is 24.4 Å². The van der Waals surface area contributed by atoms with Crippen molar-refractivity contribution >= 4 is 17.5 Å². The summed E-state index contributed by atoms with van der Waals surface area (Å²) in [5, 5.41) is 6.29. The fourth-order valence-corrected chi connectivity index (χ4v) is 3.42. The molecule has 0 saturated heterocycles. The van der Waals surface area contributed by atoms with Crippen LogP contribution in [0.1, 0.15) is 44.4 Å². The molecule has 2 amide bonds. The first-order chi connectivity index (χ1) is 14.4. The molecule has 2 rings (SSSR count). The standard InChI is InChI=1S/C24H33N3O3/c1-6-18-10-8-9-11-22(18)26-23(28)16-27(4)24(29)17(3)25-21(7-2)19-12-14-20(30-5)15-13-19/h8-15,17,21,25H,6-7,16H2,1-5H3,(H,26,28). The molecule has 0 bridgehead atoms. The highest BCUT2D eigenvalue weighted by molar-refractivity contribution is 5.95. The number of carbonyl (C=O) groups is 2. The molecule has 0 spiro atoms. The summed E-state index contributed by atoms with van der Waals surface area (Å²) in [6, 6.07) is 15.1.